The second-order valence-corrected chi connectivity index (χ2v) is 8.17. The van der Waals surface area contributed by atoms with Gasteiger partial charge in [-0.15, -0.1) is 0 Å². The quantitative estimate of drug-likeness (QED) is 0.865. The van der Waals surface area contributed by atoms with Gasteiger partial charge in [-0.25, -0.2) is 0 Å². The zero-order valence-corrected chi connectivity index (χ0v) is 16.6. The number of carbonyl (C=O) groups excluding carboxylic acids is 2. The highest BCUT2D eigenvalue weighted by atomic mass is 16.5. The van der Waals surface area contributed by atoms with Crippen LogP contribution < -0.4 is 10.2 Å². The highest BCUT2D eigenvalue weighted by Crippen LogP contribution is 2.27. The first-order valence-electron chi connectivity index (χ1n) is 10.7. The first-order chi connectivity index (χ1) is 13.7. The Balaban J connectivity index is 1.36. The van der Waals surface area contributed by atoms with Crippen LogP contribution in [-0.4, -0.2) is 62.1 Å². The van der Waals surface area contributed by atoms with E-state index in [1.54, 1.807) is 0 Å². The van der Waals surface area contributed by atoms with E-state index in [2.05, 4.69) is 10.2 Å². The molecule has 6 nitrogen and oxygen atoms in total. The number of ether oxygens (including phenoxy) is 1. The number of carbonyl (C=O) groups is 2. The van der Waals surface area contributed by atoms with Crippen molar-refractivity contribution in [2.75, 3.05) is 44.3 Å². The van der Waals surface area contributed by atoms with Crippen LogP contribution in [0.5, 0.6) is 0 Å². The first-order valence-corrected chi connectivity index (χ1v) is 10.7. The lowest BCUT2D eigenvalue weighted by Gasteiger charge is -2.36. The Hall–Kier alpha value is -2.08. The fourth-order valence-corrected chi connectivity index (χ4v) is 4.64. The molecule has 6 heteroatoms. The van der Waals surface area contributed by atoms with Crippen LogP contribution in [0.25, 0.3) is 0 Å². The molecule has 1 aromatic carbocycles. The van der Waals surface area contributed by atoms with E-state index >= 15 is 0 Å². The van der Waals surface area contributed by atoms with Gasteiger partial charge in [0.05, 0.1) is 18.8 Å². The Kier molecular flexibility index (Phi) is 6.15. The van der Waals surface area contributed by atoms with Gasteiger partial charge < -0.3 is 19.9 Å². The molecule has 3 aliphatic rings. The van der Waals surface area contributed by atoms with Crippen molar-refractivity contribution in [1.29, 1.82) is 0 Å². The van der Waals surface area contributed by atoms with Crippen molar-refractivity contribution in [2.45, 2.75) is 44.6 Å². The summed E-state index contributed by atoms with van der Waals surface area (Å²) in [4.78, 5) is 29.6. The Morgan fingerprint density at radius 2 is 1.61 bits per heavy atom. The number of benzene rings is 1. The van der Waals surface area contributed by atoms with Gasteiger partial charge >= 0.3 is 0 Å². The molecular weight excluding hydrogens is 354 g/mol. The minimum Gasteiger partial charge on any atom is -0.378 e. The van der Waals surface area contributed by atoms with Gasteiger partial charge in [0.15, 0.2) is 0 Å². The number of nitrogens with zero attached hydrogens (tertiary/aromatic N) is 2. The normalized spacial score (nSPS) is 21.7. The van der Waals surface area contributed by atoms with Crippen LogP contribution in [0.1, 0.15) is 48.9 Å². The molecule has 2 heterocycles. The second-order valence-electron chi connectivity index (χ2n) is 8.17. The van der Waals surface area contributed by atoms with E-state index in [1.807, 2.05) is 29.2 Å². The minimum absolute atomic E-state index is 0.0931. The lowest BCUT2D eigenvalue weighted by Crippen LogP contribution is -2.47. The largest absolute Gasteiger partial charge is 0.378 e. The van der Waals surface area contributed by atoms with Crippen LogP contribution in [0.3, 0.4) is 0 Å². The maximum Gasteiger partial charge on any atom is 0.256 e. The zero-order chi connectivity index (χ0) is 19.3. The molecular formula is C22H31N3O3. The fourth-order valence-electron chi connectivity index (χ4n) is 4.64. The van der Waals surface area contributed by atoms with Crippen molar-refractivity contribution in [2.24, 2.45) is 5.92 Å². The molecule has 0 radical (unpaired) electrons. The van der Waals surface area contributed by atoms with E-state index in [-0.39, 0.29) is 23.8 Å². The van der Waals surface area contributed by atoms with Crippen LogP contribution in [0.4, 0.5) is 5.69 Å². The number of hydrogen-bond acceptors (Lipinski definition) is 4. The van der Waals surface area contributed by atoms with Gasteiger partial charge in [-0.1, -0.05) is 25.0 Å². The van der Waals surface area contributed by atoms with Crippen LogP contribution in [0.15, 0.2) is 24.3 Å². The van der Waals surface area contributed by atoms with Gasteiger partial charge in [-0.05, 0) is 37.8 Å². The molecule has 1 aliphatic carbocycles. The van der Waals surface area contributed by atoms with Gasteiger partial charge in [0.1, 0.15) is 0 Å². The third-order valence-electron chi connectivity index (χ3n) is 6.34. The molecule has 0 bridgehead atoms. The number of nitrogens with one attached hydrogen (secondary N) is 1. The second kappa shape index (κ2) is 8.95. The molecule has 0 atom stereocenters. The van der Waals surface area contributed by atoms with Gasteiger partial charge in [-0.3, -0.25) is 9.59 Å². The minimum atomic E-state index is 0.0931. The van der Waals surface area contributed by atoms with E-state index in [0.717, 1.165) is 50.0 Å². The summed E-state index contributed by atoms with van der Waals surface area (Å²) in [6.07, 6.45) is 6.31. The summed E-state index contributed by atoms with van der Waals surface area (Å²) in [5, 5.41) is 3.27. The van der Waals surface area contributed by atoms with Crippen molar-refractivity contribution < 1.29 is 14.3 Å². The fraction of sp³-hybridized carbons (Fsp3) is 0.636. The molecule has 0 unspecified atom stereocenters. The standard InChI is InChI=1S/C22H31N3O3/c26-21(17-5-1-2-6-17)23-18-9-11-24(12-10-18)20-8-4-3-7-19(20)22(27)25-13-15-28-16-14-25/h3-4,7-8,17-18H,1-2,5-6,9-16H2,(H,23,26). The first kappa shape index (κ1) is 19.2. The molecule has 1 N–H and O–H groups in total. The van der Waals surface area contributed by atoms with E-state index in [9.17, 15) is 9.59 Å². The maximum absolute atomic E-state index is 13.0. The maximum atomic E-state index is 13.0. The SMILES string of the molecule is O=C(NC1CCN(c2ccccc2C(=O)N2CCOCC2)CC1)C1CCCC1. The predicted molar refractivity (Wildman–Crippen MR) is 109 cm³/mol. The van der Waals surface area contributed by atoms with Gasteiger partial charge in [0, 0.05) is 43.8 Å². The number of amides is 2. The van der Waals surface area contributed by atoms with Gasteiger partial charge in [0.2, 0.25) is 5.91 Å². The van der Waals surface area contributed by atoms with Crippen LogP contribution in [0, 0.1) is 5.92 Å². The Bertz CT molecular complexity index is 688. The molecule has 1 saturated carbocycles. The van der Waals surface area contributed by atoms with E-state index in [0.29, 0.717) is 26.3 Å². The molecule has 152 valence electrons. The van der Waals surface area contributed by atoms with E-state index in [4.69, 9.17) is 4.74 Å². The highest BCUT2D eigenvalue weighted by Gasteiger charge is 2.28. The van der Waals surface area contributed by atoms with Gasteiger partial charge in [-0.2, -0.15) is 0 Å². The summed E-state index contributed by atoms with van der Waals surface area (Å²) in [6.45, 7) is 4.26. The Labute approximate surface area is 167 Å². The summed E-state index contributed by atoms with van der Waals surface area (Å²) in [6, 6.07) is 8.17. The third kappa shape index (κ3) is 4.32. The van der Waals surface area contributed by atoms with Crippen molar-refractivity contribution in [3.05, 3.63) is 29.8 Å². The van der Waals surface area contributed by atoms with Crippen LogP contribution >= 0.6 is 0 Å². The lowest BCUT2D eigenvalue weighted by atomic mass is 10.0. The average Bonchev–Trinajstić information content (AvgIpc) is 3.30. The predicted octanol–water partition coefficient (Wildman–Crippen LogP) is 2.43. The third-order valence-corrected chi connectivity index (χ3v) is 6.34. The summed E-state index contributed by atoms with van der Waals surface area (Å²) in [5.41, 5.74) is 1.79. The van der Waals surface area contributed by atoms with Crippen molar-refractivity contribution in [3.63, 3.8) is 0 Å². The lowest BCUT2D eigenvalue weighted by molar-refractivity contribution is -0.125. The summed E-state index contributed by atoms with van der Waals surface area (Å²) in [7, 11) is 0. The monoisotopic (exact) mass is 385 g/mol. The smallest absolute Gasteiger partial charge is 0.256 e. The van der Waals surface area contributed by atoms with Crippen LogP contribution in [0.2, 0.25) is 0 Å². The summed E-state index contributed by atoms with van der Waals surface area (Å²) >= 11 is 0. The molecule has 4 rings (SSSR count). The number of para-hydroxylation sites is 1. The van der Waals surface area contributed by atoms with E-state index in [1.165, 1.54) is 12.8 Å². The van der Waals surface area contributed by atoms with Crippen molar-refractivity contribution in [1.82, 2.24) is 10.2 Å². The Morgan fingerprint density at radius 3 is 2.32 bits per heavy atom. The molecule has 3 fully saturated rings. The Morgan fingerprint density at radius 1 is 0.929 bits per heavy atom. The number of morpholine rings is 1. The van der Waals surface area contributed by atoms with E-state index < -0.39 is 0 Å². The highest BCUT2D eigenvalue weighted by molar-refractivity contribution is 6.00. The molecule has 0 spiro atoms. The summed E-state index contributed by atoms with van der Waals surface area (Å²) < 4.78 is 5.37. The average molecular weight is 386 g/mol. The van der Waals surface area contributed by atoms with Crippen molar-refractivity contribution >= 4 is 17.5 Å². The number of rotatable bonds is 4. The van der Waals surface area contributed by atoms with Crippen LogP contribution in [-0.2, 0) is 9.53 Å². The van der Waals surface area contributed by atoms with Crippen molar-refractivity contribution in [3.8, 4) is 0 Å². The summed E-state index contributed by atoms with van der Waals surface area (Å²) in [5.74, 6) is 0.569. The molecule has 0 aromatic heterocycles. The number of piperidine rings is 1. The molecule has 28 heavy (non-hydrogen) atoms. The molecule has 2 aliphatic heterocycles. The number of anilines is 1. The molecule has 2 amide bonds. The molecule has 1 aromatic rings. The number of hydrogen-bond donors (Lipinski definition) is 1. The van der Waals surface area contributed by atoms with Gasteiger partial charge in [0.25, 0.3) is 5.91 Å². The molecule has 2 saturated heterocycles. The topological polar surface area (TPSA) is 61.9 Å². The zero-order valence-electron chi connectivity index (χ0n) is 16.6.